The maximum Gasteiger partial charge on any atom is 0.230 e. The highest BCUT2D eigenvalue weighted by Crippen LogP contribution is 2.32. The largest absolute Gasteiger partial charge is 0.289 e. The molecule has 0 spiro atoms. The number of carbonyl (C=O) groups is 2. The van der Waals surface area contributed by atoms with Crippen molar-refractivity contribution in [3.8, 4) is 0 Å². The number of carbonyl (C=O) groups excluding carboxylic acids is 2. The van der Waals surface area contributed by atoms with Crippen molar-refractivity contribution in [1.29, 1.82) is 0 Å². The molecule has 28 heavy (non-hydrogen) atoms. The summed E-state index contributed by atoms with van der Waals surface area (Å²) in [6.45, 7) is 5.51. The van der Waals surface area contributed by atoms with Crippen LogP contribution in [0, 0.1) is 13.8 Å². The number of benzene rings is 2. The summed E-state index contributed by atoms with van der Waals surface area (Å²) in [6, 6.07) is 12.6. The van der Waals surface area contributed by atoms with Gasteiger partial charge in [0.2, 0.25) is 5.91 Å². The summed E-state index contributed by atoms with van der Waals surface area (Å²) in [7, 11) is 0. The van der Waals surface area contributed by atoms with E-state index < -0.39 is 0 Å². The summed E-state index contributed by atoms with van der Waals surface area (Å²) >= 11 is 7.29. The Kier molecular flexibility index (Phi) is 6.07. The number of rotatable bonds is 5. The van der Waals surface area contributed by atoms with Gasteiger partial charge in [-0.3, -0.25) is 14.5 Å². The standard InChI is InChI=1S/C22H19ClN2O2S/c1-14-6-4-9-20(15(14)2)25(16(3)26)22-24-19(13-28-22)10-11-21(27)17-7-5-8-18(23)12-17/h4-13H,1-3H3. The molecular formula is C22H19ClN2O2S. The lowest BCUT2D eigenvalue weighted by Gasteiger charge is -2.21. The Morgan fingerprint density at radius 3 is 2.61 bits per heavy atom. The van der Waals surface area contributed by atoms with Crippen LogP contribution in [0.5, 0.6) is 0 Å². The second-order valence-corrected chi connectivity index (χ2v) is 7.61. The average molecular weight is 411 g/mol. The zero-order chi connectivity index (χ0) is 20.3. The van der Waals surface area contributed by atoms with Crippen molar-refractivity contribution in [1.82, 2.24) is 4.98 Å². The molecule has 0 aliphatic rings. The van der Waals surface area contributed by atoms with Gasteiger partial charge in [0, 0.05) is 22.9 Å². The van der Waals surface area contributed by atoms with E-state index in [1.54, 1.807) is 35.2 Å². The third-order valence-electron chi connectivity index (χ3n) is 4.35. The van der Waals surface area contributed by atoms with E-state index in [-0.39, 0.29) is 11.7 Å². The van der Waals surface area contributed by atoms with Gasteiger partial charge < -0.3 is 0 Å². The highest BCUT2D eigenvalue weighted by Gasteiger charge is 2.19. The third kappa shape index (κ3) is 4.38. The minimum atomic E-state index is -0.157. The predicted molar refractivity (Wildman–Crippen MR) is 116 cm³/mol. The minimum Gasteiger partial charge on any atom is -0.289 e. The molecular weight excluding hydrogens is 392 g/mol. The van der Waals surface area contributed by atoms with E-state index in [1.165, 1.54) is 24.3 Å². The maximum atomic E-state index is 12.3. The number of allylic oxidation sites excluding steroid dienone is 1. The summed E-state index contributed by atoms with van der Waals surface area (Å²) < 4.78 is 0. The topological polar surface area (TPSA) is 50.3 Å². The van der Waals surface area contributed by atoms with Crippen LogP contribution in [0.15, 0.2) is 53.9 Å². The molecule has 0 fully saturated rings. The fraction of sp³-hybridized carbons (Fsp3) is 0.136. The number of thiazole rings is 1. The Hall–Kier alpha value is -2.76. The quantitative estimate of drug-likeness (QED) is 0.383. The summed E-state index contributed by atoms with van der Waals surface area (Å²) in [4.78, 5) is 30.7. The van der Waals surface area contributed by atoms with Crippen molar-refractivity contribution in [2.75, 3.05) is 4.90 Å². The lowest BCUT2D eigenvalue weighted by molar-refractivity contribution is -0.115. The number of hydrogen-bond donors (Lipinski definition) is 0. The second-order valence-electron chi connectivity index (χ2n) is 6.34. The van der Waals surface area contributed by atoms with Crippen LogP contribution in [0.25, 0.3) is 6.08 Å². The average Bonchev–Trinajstić information content (AvgIpc) is 3.11. The van der Waals surface area contributed by atoms with Gasteiger partial charge in [-0.2, -0.15) is 0 Å². The number of anilines is 2. The molecule has 1 heterocycles. The van der Waals surface area contributed by atoms with Gasteiger partial charge in [0.05, 0.1) is 11.4 Å². The molecule has 0 unspecified atom stereocenters. The van der Waals surface area contributed by atoms with Gasteiger partial charge in [-0.05, 0) is 55.3 Å². The minimum absolute atomic E-state index is 0.117. The predicted octanol–water partition coefficient (Wildman–Crippen LogP) is 5.99. The fourth-order valence-corrected chi connectivity index (χ4v) is 3.78. The molecule has 3 rings (SSSR count). The molecule has 0 bridgehead atoms. The van der Waals surface area contributed by atoms with Crippen LogP contribution >= 0.6 is 22.9 Å². The highest BCUT2D eigenvalue weighted by atomic mass is 35.5. The Labute approximate surface area is 173 Å². The van der Waals surface area contributed by atoms with Crippen molar-refractivity contribution in [3.63, 3.8) is 0 Å². The molecule has 0 atom stereocenters. The molecule has 0 radical (unpaired) electrons. The van der Waals surface area contributed by atoms with Crippen molar-refractivity contribution in [2.24, 2.45) is 0 Å². The van der Waals surface area contributed by atoms with Crippen LogP contribution in [0.4, 0.5) is 10.8 Å². The van der Waals surface area contributed by atoms with E-state index in [2.05, 4.69) is 4.98 Å². The van der Waals surface area contributed by atoms with Crippen molar-refractivity contribution in [2.45, 2.75) is 20.8 Å². The zero-order valence-electron chi connectivity index (χ0n) is 15.8. The van der Waals surface area contributed by atoms with E-state index in [0.717, 1.165) is 16.8 Å². The number of halogens is 1. The fourth-order valence-electron chi connectivity index (χ4n) is 2.74. The van der Waals surface area contributed by atoms with E-state index in [0.29, 0.717) is 21.4 Å². The van der Waals surface area contributed by atoms with Crippen molar-refractivity contribution < 1.29 is 9.59 Å². The molecule has 0 N–H and O–H groups in total. The van der Waals surface area contributed by atoms with Gasteiger partial charge in [-0.1, -0.05) is 35.9 Å². The number of aryl methyl sites for hydroxylation is 1. The molecule has 1 amide bonds. The molecule has 0 saturated carbocycles. The van der Waals surface area contributed by atoms with Gasteiger partial charge in [0.15, 0.2) is 10.9 Å². The van der Waals surface area contributed by atoms with E-state index in [4.69, 9.17) is 11.6 Å². The maximum absolute atomic E-state index is 12.3. The van der Waals surface area contributed by atoms with Gasteiger partial charge in [-0.15, -0.1) is 11.3 Å². The van der Waals surface area contributed by atoms with Crippen LogP contribution in [0.1, 0.15) is 34.1 Å². The van der Waals surface area contributed by atoms with Crippen LogP contribution in [-0.4, -0.2) is 16.7 Å². The monoisotopic (exact) mass is 410 g/mol. The number of nitrogens with zero attached hydrogens (tertiary/aromatic N) is 2. The van der Waals surface area contributed by atoms with E-state index in [1.807, 2.05) is 37.4 Å². The van der Waals surface area contributed by atoms with Gasteiger partial charge in [0.1, 0.15) is 0 Å². The van der Waals surface area contributed by atoms with Gasteiger partial charge in [0.25, 0.3) is 0 Å². The highest BCUT2D eigenvalue weighted by molar-refractivity contribution is 7.14. The Bertz CT molecular complexity index is 1070. The molecule has 0 saturated heterocycles. The number of hydrogen-bond acceptors (Lipinski definition) is 4. The van der Waals surface area contributed by atoms with Gasteiger partial charge >= 0.3 is 0 Å². The molecule has 2 aromatic carbocycles. The first-order valence-corrected chi connectivity index (χ1v) is 9.93. The zero-order valence-corrected chi connectivity index (χ0v) is 17.3. The Morgan fingerprint density at radius 2 is 1.89 bits per heavy atom. The van der Waals surface area contributed by atoms with Gasteiger partial charge in [-0.25, -0.2) is 4.98 Å². The van der Waals surface area contributed by atoms with Crippen LogP contribution in [0.2, 0.25) is 5.02 Å². The number of amides is 1. The van der Waals surface area contributed by atoms with Crippen molar-refractivity contribution in [3.05, 3.63) is 81.3 Å². The lowest BCUT2D eigenvalue weighted by atomic mass is 10.1. The van der Waals surface area contributed by atoms with Crippen molar-refractivity contribution >= 4 is 51.5 Å². The van der Waals surface area contributed by atoms with Crippen LogP contribution in [0.3, 0.4) is 0 Å². The first-order chi connectivity index (χ1) is 13.4. The Morgan fingerprint density at radius 1 is 1.14 bits per heavy atom. The van der Waals surface area contributed by atoms with Crippen LogP contribution < -0.4 is 4.90 Å². The molecule has 0 aliphatic heterocycles. The molecule has 0 aliphatic carbocycles. The molecule has 4 nitrogen and oxygen atoms in total. The van der Waals surface area contributed by atoms with E-state index >= 15 is 0 Å². The molecule has 6 heteroatoms. The SMILES string of the molecule is CC(=O)N(c1nc(C=CC(=O)c2cccc(Cl)c2)cs1)c1cccc(C)c1C. The smallest absolute Gasteiger partial charge is 0.230 e. The molecule has 142 valence electrons. The number of aromatic nitrogens is 1. The summed E-state index contributed by atoms with van der Waals surface area (Å²) in [5, 5.41) is 2.90. The second kappa shape index (κ2) is 8.50. The summed E-state index contributed by atoms with van der Waals surface area (Å²) in [6.07, 6.45) is 3.10. The summed E-state index contributed by atoms with van der Waals surface area (Å²) in [5.74, 6) is -0.274. The normalized spacial score (nSPS) is 11.0. The van der Waals surface area contributed by atoms with E-state index in [9.17, 15) is 9.59 Å². The third-order valence-corrected chi connectivity index (χ3v) is 5.43. The Balaban J connectivity index is 1.86. The molecule has 1 aromatic heterocycles. The first-order valence-electron chi connectivity index (χ1n) is 8.67. The van der Waals surface area contributed by atoms with Crippen LogP contribution in [-0.2, 0) is 4.79 Å². The summed E-state index contributed by atoms with van der Waals surface area (Å²) in [5.41, 5.74) is 4.08. The first kappa shape index (κ1) is 20.0. The molecule has 3 aromatic rings. The number of ketones is 1. The lowest BCUT2D eigenvalue weighted by Crippen LogP contribution is -2.23.